The molecule has 132 valence electrons. The zero-order chi connectivity index (χ0) is 18.4. The van der Waals surface area contributed by atoms with Crippen molar-refractivity contribution in [1.29, 1.82) is 0 Å². The number of aromatic nitrogens is 1. The normalized spacial score (nSPS) is 13.0. The number of ether oxygens (including phenoxy) is 1. The number of rotatable bonds is 7. The van der Waals surface area contributed by atoms with Crippen LogP contribution < -0.4 is 5.32 Å². The summed E-state index contributed by atoms with van der Waals surface area (Å²) in [4.78, 5) is 39.6. The van der Waals surface area contributed by atoms with Crippen molar-refractivity contribution in [2.24, 2.45) is 5.92 Å². The van der Waals surface area contributed by atoms with Crippen molar-refractivity contribution >= 4 is 28.7 Å². The molecule has 0 saturated heterocycles. The molecule has 0 fully saturated rings. The molecular weight excluding hydrogens is 324 g/mol. The molecule has 2 atom stereocenters. The first kappa shape index (κ1) is 18.4. The van der Waals surface area contributed by atoms with E-state index in [0.717, 1.165) is 5.39 Å². The standard InChI is InChI=1S/C18H20N2O5/c1-3-25-15(21)10-11(2)16(18(23)24)20-17(22)14-9-8-12-6-4-5-7-13(12)19-14/h4-9,11,16H,3,10H2,1-2H3,(H,20,22)(H,23,24)/t11-,16+/m1/s1. The molecule has 1 heterocycles. The molecule has 7 nitrogen and oxygen atoms in total. The second-order valence-corrected chi connectivity index (χ2v) is 5.66. The van der Waals surface area contributed by atoms with Crippen molar-refractivity contribution in [3.05, 3.63) is 42.1 Å². The van der Waals surface area contributed by atoms with Crippen LogP contribution in [-0.4, -0.2) is 40.6 Å². The summed E-state index contributed by atoms with van der Waals surface area (Å²) >= 11 is 0. The highest BCUT2D eigenvalue weighted by molar-refractivity contribution is 5.97. The zero-order valence-electron chi connectivity index (χ0n) is 14.1. The Kier molecular flexibility index (Phi) is 6.05. The van der Waals surface area contributed by atoms with Gasteiger partial charge in [0.1, 0.15) is 11.7 Å². The Bertz CT molecular complexity index is 790. The van der Waals surface area contributed by atoms with Crippen molar-refractivity contribution in [3.63, 3.8) is 0 Å². The number of nitrogens with zero attached hydrogens (tertiary/aromatic N) is 1. The third-order valence-electron chi connectivity index (χ3n) is 3.75. The zero-order valence-corrected chi connectivity index (χ0v) is 14.1. The van der Waals surface area contributed by atoms with Crippen LogP contribution in [0.15, 0.2) is 36.4 Å². The molecular formula is C18H20N2O5. The number of nitrogens with one attached hydrogen (secondary N) is 1. The third kappa shape index (κ3) is 4.76. The smallest absolute Gasteiger partial charge is 0.326 e. The Morgan fingerprint density at radius 1 is 1.20 bits per heavy atom. The second-order valence-electron chi connectivity index (χ2n) is 5.66. The lowest BCUT2D eigenvalue weighted by atomic mass is 9.98. The monoisotopic (exact) mass is 344 g/mol. The first-order valence-electron chi connectivity index (χ1n) is 7.97. The number of carboxylic acids is 1. The SMILES string of the molecule is CCOC(=O)C[C@@H](C)[C@H](NC(=O)c1ccc2ccccc2n1)C(=O)O. The summed E-state index contributed by atoms with van der Waals surface area (Å²) in [6.07, 6.45) is -0.101. The van der Waals surface area contributed by atoms with E-state index >= 15 is 0 Å². The third-order valence-corrected chi connectivity index (χ3v) is 3.75. The minimum absolute atomic E-state index is 0.101. The van der Waals surface area contributed by atoms with Gasteiger partial charge in [-0.15, -0.1) is 0 Å². The molecule has 0 aliphatic carbocycles. The Balaban J connectivity index is 2.13. The molecule has 2 N–H and O–H groups in total. The van der Waals surface area contributed by atoms with E-state index < -0.39 is 29.8 Å². The van der Waals surface area contributed by atoms with E-state index in [1.807, 2.05) is 12.1 Å². The summed E-state index contributed by atoms with van der Waals surface area (Å²) in [6.45, 7) is 3.46. The molecule has 0 bridgehead atoms. The first-order chi connectivity index (χ1) is 11.9. The number of pyridine rings is 1. The van der Waals surface area contributed by atoms with Crippen LogP contribution in [0.3, 0.4) is 0 Å². The van der Waals surface area contributed by atoms with Gasteiger partial charge >= 0.3 is 11.9 Å². The summed E-state index contributed by atoms with van der Waals surface area (Å²) < 4.78 is 4.82. The van der Waals surface area contributed by atoms with Crippen molar-refractivity contribution in [2.75, 3.05) is 6.61 Å². The summed E-state index contributed by atoms with van der Waals surface area (Å²) in [7, 11) is 0. The number of carboxylic acid groups (broad SMARTS) is 1. The Labute approximate surface area is 145 Å². The molecule has 1 amide bonds. The van der Waals surface area contributed by atoms with E-state index in [1.165, 1.54) is 6.07 Å². The average Bonchev–Trinajstić information content (AvgIpc) is 2.58. The molecule has 0 aliphatic heterocycles. The number of fused-ring (bicyclic) bond motifs is 1. The fourth-order valence-electron chi connectivity index (χ4n) is 2.46. The topological polar surface area (TPSA) is 106 Å². The maximum absolute atomic E-state index is 12.4. The van der Waals surface area contributed by atoms with Crippen molar-refractivity contribution in [2.45, 2.75) is 26.3 Å². The van der Waals surface area contributed by atoms with E-state index in [0.29, 0.717) is 5.52 Å². The average molecular weight is 344 g/mol. The van der Waals surface area contributed by atoms with Crippen LogP contribution in [0.5, 0.6) is 0 Å². The van der Waals surface area contributed by atoms with Crippen LogP contribution in [-0.2, 0) is 14.3 Å². The predicted molar refractivity (Wildman–Crippen MR) is 91.0 cm³/mol. The Hall–Kier alpha value is -2.96. The van der Waals surface area contributed by atoms with Gasteiger partial charge in [0.2, 0.25) is 0 Å². The largest absolute Gasteiger partial charge is 0.480 e. The Morgan fingerprint density at radius 2 is 1.92 bits per heavy atom. The molecule has 1 aromatic heterocycles. The lowest BCUT2D eigenvalue weighted by Gasteiger charge is -2.20. The van der Waals surface area contributed by atoms with Gasteiger partial charge in [-0.1, -0.05) is 31.2 Å². The van der Waals surface area contributed by atoms with Crippen molar-refractivity contribution < 1.29 is 24.2 Å². The molecule has 25 heavy (non-hydrogen) atoms. The van der Waals surface area contributed by atoms with Crippen molar-refractivity contribution in [1.82, 2.24) is 10.3 Å². The second kappa shape index (κ2) is 8.23. The van der Waals surface area contributed by atoms with Gasteiger partial charge in [0.15, 0.2) is 0 Å². The van der Waals surface area contributed by atoms with Gasteiger partial charge in [-0.25, -0.2) is 9.78 Å². The molecule has 0 radical (unpaired) electrons. The van der Waals surface area contributed by atoms with Gasteiger partial charge in [0.25, 0.3) is 5.91 Å². The number of hydrogen-bond acceptors (Lipinski definition) is 5. The number of aliphatic carboxylic acids is 1. The maximum Gasteiger partial charge on any atom is 0.326 e. The molecule has 7 heteroatoms. The van der Waals surface area contributed by atoms with E-state index in [9.17, 15) is 19.5 Å². The van der Waals surface area contributed by atoms with Crippen LogP contribution in [0.4, 0.5) is 0 Å². The van der Waals surface area contributed by atoms with Crippen LogP contribution in [0.2, 0.25) is 0 Å². The van der Waals surface area contributed by atoms with Crippen LogP contribution in [0, 0.1) is 5.92 Å². The highest BCUT2D eigenvalue weighted by Gasteiger charge is 2.29. The molecule has 0 aliphatic rings. The number of esters is 1. The Morgan fingerprint density at radius 3 is 2.60 bits per heavy atom. The van der Waals surface area contributed by atoms with E-state index in [1.54, 1.807) is 32.0 Å². The number of hydrogen-bond donors (Lipinski definition) is 2. The summed E-state index contributed by atoms with van der Waals surface area (Å²) in [5.74, 6) is -2.94. The highest BCUT2D eigenvalue weighted by Crippen LogP contribution is 2.14. The van der Waals surface area contributed by atoms with Crippen LogP contribution in [0.1, 0.15) is 30.8 Å². The minimum Gasteiger partial charge on any atom is -0.480 e. The van der Waals surface area contributed by atoms with Crippen LogP contribution >= 0.6 is 0 Å². The highest BCUT2D eigenvalue weighted by atomic mass is 16.5. The number of carbonyl (C=O) groups excluding carboxylic acids is 2. The molecule has 1 aromatic carbocycles. The fourth-order valence-corrected chi connectivity index (χ4v) is 2.46. The van der Waals surface area contributed by atoms with Gasteiger partial charge in [-0.05, 0) is 25.0 Å². The van der Waals surface area contributed by atoms with Gasteiger partial charge in [-0.3, -0.25) is 9.59 Å². The summed E-state index contributed by atoms with van der Waals surface area (Å²) in [5.41, 5.74) is 0.759. The summed E-state index contributed by atoms with van der Waals surface area (Å²) in [5, 5.41) is 12.7. The van der Waals surface area contributed by atoms with Crippen molar-refractivity contribution in [3.8, 4) is 0 Å². The van der Waals surface area contributed by atoms with E-state index in [4.69, 9.17) is 4.74 Å². The number of para-hydroxylation sites is 1. The first-order valence-corrected chi connectivity index (χ1v) is 7.97. The van der Waals surface area contributed by atoms with Gasteiger partial charge in [0.05, 0.1) is 18.5 Å². The summed E-state index contributed by atoms with van der Waals surface area (Å²) in [6, 6.07) is 9.36. The number of benzene rings is 1. The predicted octanol–water partition coefficient (Wildman–Crippen LogP) is 2.01. The lowest BCUT2D eigenvalue weighted by Crippen LogP contribution is -2.46. The fraction of sp³-hybridized carbons (Fsp3) is 0.333. The number of carbonyl (C=O) groups is 3. The minimum atomic E-state index is -1.22. The quantitative estimate of drug-likeness (QED) is 0.744. The molecule has 0 unspecified atom stereocenters. The molecule has 2 rings (SSSR count). The molecule has 0 spiro atoms. The molecule has 2 aromatic rings. The van der Waals surface area contributed by atoms with E-state index in [2.05, 4.69) is 10.3 Å². The van der Waals surface area contributed by atoms with E-state index in [-0.39, 0.29) is 18.7 Å². The van der Waals surface area contributed by atoms with Gasteiger partial charge in [0, 0.05) is 5.39 Å². The van der Waals surface area contributed by atoms with Crippen LogP contribution in [0.25, 0.3) is 10.9 Å². The number of amides is 1. The van der Waals surface area contributed by atoms with Gasteiger partial charge in [-0.2, -0.15) is 0 Å². The van der Waals surface area contributed by atoms with Gasteiger partial charge < -0.3 is 15.2 Å². The lowest BCUT2D eigenvalue weighted by molar-refractivity contribution is -0.145. The molecule has 0 saturated carbocycles. The maximum atomic E-state index is 12.4.